The van der Waals surface area contributed by atoms with Crippen molar-refractivity contribution in [2.45, 2.75) is 27.2 Å². The summed E-state index contributed by atoms with van der Waals surface area (Å²) in [7, 11) is 0. The molecule has 34 heavy (non-hydrogen) atoms. The zero-order valence-electron chi connectivity index (χ0n) is 18.8. The zero-order valence-corrected chi connectivity index (χ0v) is 21.2. The average Bonchev–Trinajstić information content (AvgIpc) is 3.40. The summed E-state index contributed by atoms with van der Waals surface area (Å²) in [4.78, 5) is 30.8. The summed E-state index contributed by atoms with van der Waals surface area (Å²) in [5.41, 5.74) is 2.27. The van der Waals surface area contributed by atoms with E-state index in [4.69, 9.17) is 11.6 Å². The first-order chi connectivity index (χ1) is 16.3. The summed E-state index contributed by atoms with van der Waals surface area (Å²) >= 11 is 9.60. The van der Waals surface area contributed by atoms with E-state index >= 15 is 0 Å². The molecule has 0 saturated heterocycles. The lowest BCUT2D eigenvalue weighted by atomic mass is 10.1. The van der Waals surface area contributed by atoms with Crippen LogP contribution in [0.25, 0.3) is 11.3 Å². The molecule has 0 bridgehead atoms. The topological polar surface area (TPSA) is 106 Å². The Morgan fingerprint density at radius 3 is 2.71 bits per heavy atom. The van der Waals surface area contributed by atoms with Crippen molar-refractivity contribution in [1.29, 1.82) is 0 Å². The van der Waals surface area contributed by atoms with Gasteiger partial charge in [-0.05, 0) is 65.0 Å². The molecule has 0 aliphatic rings. The van der Waals surface area contributed by atoms with Crippen LogP contribution in [-0.4, -0.2) is 42.7 Å². The summed E-state index contributed by atoms with van der Waals surface area (Å²) in [5.74, 6) is -0.0497. The molecule has 0 saturated carbocycles. The Kier molecular flexibility index (Phi) is 6.99. The van der Waals surface area contributed by atoms with Crippen molar-refractivity contribution in [2.75, 3.05) is 11.9 Å². The van der Waals surface area contributed by atoms with Crippen LogP contribution in [0.3, 0.4) is 0 Å². The molecular weight excluding hydrogens is 522 g/mol. The number of carbonyl (C=O) groups is 2. The average molecular weight is 545 g/mol. The maximum Gasteiger partial charge on any atom is 0.274 e. The van der Waals surface area contributed by atoms with Crippen molar-refractivity contribution < 1.29 is 9.59 Å². The number of aryl methyl sites for hydroxylation is 1. The Labute approximate surface area is 209 Å². The molecule has 4 heterocycles. The van der Waals surface area contributed by atoms with Crippen molar-refractivity contribution in [3.63, 3.8) is 0 Å². The predicted octanol–water partition coefficient (Wildman–Crippen LogP) is 4.67. The fourth-order valence-electron chi connectivity index (χ4n) is 3.51. The van der Waals surface area contributed by atoms with Gasteiger partial charge in [0.2, 0.25) is 0 Å². The molecule has 0 unspecified atom stereocenters. The van der Waals surface area contributed by atoms with Gasteiger partial charge in [-0.3, -0.25) is 9.59 Å². The fraction of sp³-hybridized carbons (Fsp3) is 0.261. The standard InChI is InChI=1S/C23H23BrClN7O2/c1-13(2)6-9-27-23(34)20-19(14(3)11-15-7-10-28-31(15)20)29-22(33)17-12-18(24)30-32(17)21-16(25)5-4-8-26-21/h4-5,7-8,10-13H,6,9H2,1-3H3,(H,27,34)(H,29,33). The summed E-state index contributed by atoms with van der Waals surface area (Å²) in [5, 5.41) is 14.8. The zero-order chi connectivity index (χ0) is 24.4. The highest BCUT2D eigenvalue weighted by Crippen LogP contribution is 2.26. The first-order valence-corrected chi connectivity index (χ1v) is 11.9. The maximum absolute atomic E-state index is 13.4. The molecule has 4 aromatic rings. The van der Waals surface area contributed by atoms with E-state index in [0.717, 1.165) is 17.5 Å². The monoisotopic (exact) mass is 543 g/mol. The van der Waals surface area contributed by atoms with Crippen molar-refractivity contribution in [2.24, 2.45) is 5.92 Å². The van der Waals surface area contributed by atoms with Crippen LogP contribution in [0, 0.1) is 12.8 Å². The SMILES string of the molecule is Cc1cc2ccnn2c(C(=O)NCCC(C)C)c1NC(=O)c1cc(Br)nn1-c1ncccc1Cl. The number of aromatic nitrogens is 5. The van der Waals surface area contributed by atoms with Crippen molar-refractivity contribution in [1.82, 2.24) is 29.7 Å². The van der Waals surface area contributed by atoms with Gasteiger partial charge in [0.15, 0.2) is 11.5 Å². The van der Waals surface area contributed by atoms with Gasteiger partial charge in [0.25, 0.3) is 11.8 Å². The second kappa shape index (κ2) is 9.94. The van der Waals surface area contributed by atoms with Crippen LogP contribution in [0.2, 0.25) is 5.02 Å². The lowest BCUT2D eigenvalue weighted by Crippen LogP contribution is -2.30. The van der Waals surface area contributed by atoms with Crippen LogP contribution >= 0.6 is 27.5 Å². The number of pyridine rings is 2. The molecule has 9 nitrogen and oxygen atoms in total. The number of nitrogens with one attached hydrogen (secondary N) is 2. The Balaban J connectivity index is 1.73. The number of amides is 2. The van der Waals surface area contributed by atoms with Crippen LogP contribution in [-0.2, 0) is 0 Å². The molecule has 0 aliphatic carbocycles. The van der Waals surface area contributed by atoms with E-state index in [1.165, 1.54) is 9.20 Å². The smallest absolute Gasteiger partial charge is 0.274 e. The molecule has 176 valence electrons. The van der Waals surface area contributed by atoms with Crippen molar-refractivity contribution in [3.05, 3.63) is 69.3 Å². The molecule has 4 rings (SSSR count). The van der Waals surface area contributed by atoms with Crippen LogP contribution in [0.1, 0.15) is 46.8 Å². The molecule has 11 heteroatoms. The largest absolute Gasteiger partial charge is 0.351 e. The molecule has 0 aliphatic heterocycles. The highest BCUT2D eigenvalue weighted by molar-refractivity contribution is 9.10. The molecule has 4 aromatic heterocycles. The van der Waals surface area contributed by atoms with Gasteiger partial charge in [-0.15, -0.1) is 0 Å². The third-order valence-corrected chi connectivity index (χ3v) is 5.87. The highest BCUT2D eigenvalue weighted by atomic mass is 79.9. The van der Waals surface area contributed by atoms with Crippen LogP contribution in [0.15, 0.2) is 47.3 Å². The normalized spacial score (nSPS) is 11.2. The first kappa shape index (κ1) is 23.9. The highest BCUT2D eigenvalue weighted by Gasteiger charge is 2.24. The molecule has 0 radical (unpaired) electrons. The molecule has 0 spiro atoms. The van der Waals surface area contributed by atoms with Gasteiger partial charge >= 0.3 is 0 Å². The lowest BCUT2D eigenvalue weighted by molar-refractivity contribution is 0.0945. The quantitative estimate of drug-likeness (QED) is 0.352. The summed E-state index contributed by atoms with van der Waals surface area (Å²) in [6.07, 6.45) is 4.01. The summed E-state index contributed by atoms with van der Waals surface area (Å²) < 4.78 is 3.31. The summed E-state index contributed by atoms with van der Waals surface area (Å²) in [6.45, 7) is 6.52. The minimum absolute atomic E-state index is 0.193. The van der Waals surface area contributed by atoms with E-state index in [9.17, 15) is 9.59 Å². The van der Waals surface area contributed by atoms with E-state index in [1.54, 1.807) is 36.7 Å². The predicted molar refractivity (Wildman–Crippen MR) is 134 cm³/mol. The van der Waals surface area contributed by atoms with Gasteiger partial charge in [-0.25, -0.2) is 14.2 Å². The minimum atomic E-state index is -0.481. The lowest BCUT2D eigenvalue weighted by Gasteiger charge is -2.16. The number of hydrogen-bond donors (Lipinski definition) is 2. The van der Waals surface area contributed by atoms with Gasteiger partial charge < -0.3 is 10.6 Å². The number of halogens is 2. The number of anilines is 1. The maximum atomic E-state index is 13.4. The Hall–Kier alpha value is -3.24. The fourth-order valence-corrected chi connectivity index (χ4v) is 4.09. The van der Waals surface area contributed by atoms with Gasteiger partial charge in [0.1, 0.15) is 10.3 Å². The van der Waals surface area contributed by atoms with E-state index in [0.29, 0.717) is 33.6 Å². The van der Waals surface area contributed by atoms with Crippen LogP contribution in [0.5, 0.6) is 0 Å². The number of fused-ring (bicyclic) bond motifs is 1. The minimum Gasteiger partial charge on any atom is -0.351 e. The summed E-state index contributed by atoms with van der Waals surface area (Å²) in [6, 6.07) is 8.58. The molecular formula is C23H23BrClN7O2. The third kappa shape index (κ3) is 4.83. The molecule has 2 N–H and O–H groups in total. The van der Waals surface area contributed by atoms with Crippen LogP contribution < -0.4 is 10.6 Å². The number of carbonyl (C=O) groups excluding carboxylic acids is 2. The number of nitrogens with zero attached hydrogens (tertiary/aromatic N) is 5. The Bertz CT molecular complexity index is 1380. The Morgan fingerprint density at radius 2 is 1.97 bits per heavy atom. The molecule has 0 atom stereocenters. The molecule has 0 aromatic carbocycles. The first-order valence-electron chi connectivity index (χ1n) is 10.7. The molecule has 0 fully saturated rings. The second-order valence-corrected chi connectivity index (χ2v) is 9.40. The van der Waals surface area contributed by atoms with Gasteiger partial charge in [-0.2, -0.15) is 10.2 Å². The van der Waals surface area contributed by atoms with E-state index in [1.807, 2.05) is 13.0 Å². The number of rotatable bonds is 7. The van der Waals surface area contributed by atoms with Gasteiger partial charge in [0, 0.05) is 18.8 Å². The van der Waals surface area contributed by atoms with Gasteiger partial charge in [0.05, 0.1) is 22.4 Å². The second-order valence-electron chi connectivity index (χ2n) is 8.18. The molecule has 2 amide bonds. The van der Waals surface area contributed by atoms with Crippen molar-refractivity contribution >= 4 is 50.5 Å². The van der Waals surface area contributed by atoms with Crippen molar-refractivity contribution in [3.8, 4) is 5.82 Å². The van der Waals surface area contributed by atoms with E-state index in [-0.39, 0.29) is 17.3 Å². The Morgan fingerprint density at radius 1 is 1.18 bits per heavy atom. The van der Waals surface area contributed by atoms with Gasteiger partial charge in [-0.1, -0.05) is 25.4 Å². The van der Waals surface area contributed by atoms with Crippen LogP contribution in [0.4, 0.5) is 5.69 Å². The van der Waals surface area contributed by atoms with E-state index in [2.05, 4.69) is 55.6 Å². The van der Waals surface area contributed by atoms with E-state index < -0.39 is 5.91 Å². The number of hydrogen-bond acceptors (Lipinski definition) is 5. The third-order valence-electron chi connectivity index (χ3n) is 5.19.